The molecule has 19 heavy (non-hydrogen) atoms. The van der Waals surface area contributed by atoms with Gasteiger partial charge < -0.3 is 10.2 Å². The van der Waals surface area contributed by atoms with Crippen molar-refractivity contribution in [3.8, 4) is 0 Å². The molecule has 1 aromatic rings. The van der Waals surface area contributed by atoms with E-state index in [1.807, 2.05) is 0 Å². The highest BCUT2D eigenvalue weighted by Crippen LogP contribution is 2.29. The molecule has 1 rings (SSSR count). The molecule has 1 aromatic heterocycles. The van der Waals surface area contributed by atoms with Crippen molar-refractivity contribution in [3.63, 3.8) is 0 Å². The van der Waals surface area contributed by atoms with Gasteiger partial charge in [0.05, 0.1) is 5.69 Å². The van der Waals surface area contributed by atoms with Crippen LogP contribution in [0, 0.1) is 5.41 Å². The van der Waals surface area contributed by atoms with E-state index in [1.54, 1.807) is 11.3 Å². The van der Waals surface area contributed by atoms with Gasteiger partial charge >= 0.3 is 0 Å². The summed E-state index contributed by atoms with van der Waals surface area (Å²) in [5, 5.41) is 6.73. The zero-order chi connectivity index (χ0) is 14.8. The summed E-state index contributed by atoms with van der Waals surface area (Å²) in [6, 6.07) is 0.460. The lowest BCUT2D eigenvalue weighted by Crippen LogP contribution is -2.39. The minimum Gasteiger partial charge on any atom is -0.348 e. The van der Waals surface area contributed by atoms with E-state index in [1.165, 1.54) is 0 Å². The van der Waals surface area contributed by atoms with Crippen LogP contribution in [0.5, 0.6) is 0 Å². The van der Waals surface area contributed by atoms with Crippen molar-refractivity contribution in [1.82, 2.24) is 10.3 Å². The summed E-state index contributed by atoms with van der Waals surface area (Å²) in [5.41, 5.74) is 1.52. The number of hydrogen-bond acceptors (Lipinski definition) is 4. The summed E-state index contributed by atoms with van der Waals surface area (Å²) in [7, 11) is 2.13. The molecule has 0 aliphatic heterocycles. The van der Waals surface area contributed by atoms with Gasteiger partial charge in [-0.1, -0.05) is 20.8 Å². The maximum absolute atomic E-state index is 4.73. The van der Waals surface area contributed by atoms with E-state index < -0.39 is 0 Å². The first-order valence-electron chi connectivity index (χ1n) is 6.93. The number of hydrogen-bond donors (Lipinski definition) is 1. The summed E-state index contributed by atoms with van der Waals surface area (Å²) in [6.07, 6.45) is 0. The maximum atomic E-state index is 4.73. The fourth-order valence-electron chi connectivity index (χ4n) is 1.64. The maximum Gasteiger partial charge on any atom is 0.185 e. The van der Waals surface area contributed by atoms with E-state index in [0.29, 0.717) is 6.04 Å². The molecule has 0 radical (unpaired) electrons. The van der Waals surface area contributed by atoms with Crippen LogP contribution < -0.4 is 10.2 Å². The predicted molar refractivity (Wildman–Crippen MR) is 86.0 cm³/mol. The second-order valence-corrected chi connectivity index (χ2v) is 8.21. The Labute approximate surface area is 122 Å². The van der Waals surface area contributed by atoms with Crippen molar-refractivity contribution < 1.29 is 0 Å². The zero-order valence-electron chi connectivity index (χ0n) is 13.7. The van der Waals surface area contributed by atoms with Crippen molar-refractivity contribution in [3.05, 3.63) is 11.1 Å². The Hall–Kier alpha value is -0.610. The monoisotopic (exact) mass is 283 g/mol. The molecule has 0 aliphatic rings. The van der Waals surface area contributed by atoms with Gasteiger partial charge in [0.1, 0.15) is 0 Å². The van der Waals surface area contributed by atoms with Gasteiger partial charge in [-0.2, -0.15) is 0 Å². The molecule has 1 unspecified atom stereocenters. The normalized spacial score (nSPS) is 14.5. The molecule has 1 N–H and O–H groups in total. The molecule has 0 spiro atoms. The van der Waals surface area contributed by atoms with Crippen molar-refractivity contribution in [2.45, 2.75) is 66.6 Å². The summed E-state index contributed by atoms with van der Waals surface area (Å²) < 4.78 is 0. The first kappa shape index (κ1) is 16.4. The first-order valence-corrected chi connectivity index (χ1v) is 7.81. The standard InChI is InChI=1S/C15H29N3S/c1-11(14(2,3)4)18(8)13-17-12(10-19-13)9-16-15(5,6)7/h10-11,16H,9H2,1-8H3. The topological polar surface area (TPSA) is 28.2 Å². The van der Waals surface area contributed by atoms with Crippen LogP contribution in [-0.2, 0) is 6.54 Å². The van der Waals surface area contributed by atoms with Gasteiger partial charge in [-0.3, -0.25) is 0 Å². The van der Waals surface area contributed by atoms with Crippen LogP contribution in [0.4, 0.5) is 5.13 Å². The third-order valence-electron chi connectivity index (χ3n) is 3.48. The van der Waals surface area contributed by atoms with Gasteiger partial charge in [-0.05, 0) is 33.1 Å². The van der Waals surface area contributed by atoms with Gasteiger partial charge in [0.15, 0.2) is 5.13 Å². The van der Waals surface area contributed by atoms with E-state index in [4.69, 9.17) is 4.98 Å². The second-order valence-electron chi connectivity index (χ2n) is 7.38. The number of rotatable bonds is 4. The molecule has 0 fully saturated rings. The minimum atomic E-state index is 0.133. The predicted octanol–water partition coefficient (Wildman–Crippen LogP) is 3.90. The van der Waals surface area contributed by atoms with Crippen LogP contribution in [0.25, 0.3) is 0 Å². The van der Waals surface area contributed by atoms with E-state index >= 15 is 0 Å². The van der Waals surface area contributed by atoms with Gasteiger partial charge in [0, 0.05) is 30.6 Å². The van der Waals surface area contributed by atoms with E-state index in [0.717, 1.165) is 17.4 Å². The lowest BCUT2D eigenvalue weighted by atomic mass is 9.87. The second kappa shape index (κ2) is 5.80. The summed E-state index contributed by atoms with van der Waals surface area (Å²) >= 11 is 1.73. The Bertz CT molecular complexity index is 398. The zero-order valence-corrected chi connectivity index (χ0v) is 14.5. The van der Waals surface area contributed by atoms with Crippen LogP contribution >= 0.6 is 11.3 Å². The van der Waals surface area contributed by atoms with Crippen molar-refractivity contribution in [2.75, 3.05) is 11.9 Å². The van der Waals surface area contributed by atoms with E-state index in [-0.39, 0.29) is 11.0 Å². The smallest absolute Gasteiger partial charge is 0.185 e. The molecule has 3 nitrogen and oxygen atoms in total. The third-order valence-corrected chi connectivity index (χ3v) is 4.46. The Kier molecular flexibility index (Phi) is 5.02. The fraction of sp³-hybridized carbons (Fsp3) is 0.800. The first-order chi connectivity index (χ1) is 8.50. The van der Waals surface area contributed by atoms with Crippen molar-refractivity contribution in [2.24, 2.45) is 5.41 Å². The Morgan fingerprint density at radius 3 is 2.32 bits per heavy atom. The van der Waals surface area contributed by atoms with Gasteiger partial charge in [-0.15, -0.1) is 11.3 Å². The number of nitrogens with zero attached hydrogens (tertiary/aromatic N) is 2. The Morgan fingerprint density at radius 1 is 1.26 bits per heavy atom. The SMILES string of the molecule is CC(N(C)c1nc(CNC(C)(C)C)cs1)C(C)(C)C. The van der Waals surface area contributed by atoms with Crippen LogP contribution in [0.3, 0.4) is 0 Å². The third kappa shape index (κ3) is 5.11. The van der Waals surface area contributed by atoms with E-state index in [9.17, 15) is 0 Å². The Morgan fingerprint density at radius 2 is 1.84 bits per heavy atom. The van der Waals surface area contributed by atoms with Crippen LogP contribution in [0.1, 0.15) is 54.2 Å². The van der Waals surface area contributed by atoms with Gasteiger partial charge in [0.25, 0.3) is 0 Å². The van der Waals surface area contributed by atoms with Crippen LogP contribution in [0.15, 0.2) is 5.38 Å². The summed E-state index contributed by atoms with van der Waals surface area (Å²) in [4.78, 5) is 7.01. The summed E-state index contributed by atoms with van der Waals surface area (Å²) in [5.74, 6) is 0. The molecule has 0 bridgehead atoms. The number of nitrogens with one attached hydrogen (secondary N) is 1. The fourth-order valence-corrected chi connectivity index (χ4v) is 2.51. The van der Waals surface area contributed by atoms with E-state index in [2.05, 4.69) is 71.1 Å². The molecule has 110 valence electrons. The van der Waals surface area contributed by atoms with Gasteiger partial charge in [-0.25, -0.2) is 4.98 Å². The Balaban J connectivity index is 2.69. The number of anilines is 1. The lowest BCUT2D eigenvalue weighted by Gasteiger charge is -2.35. The molecule has 1 atom stereocenters. The van der Waals surface area contributed by atoms with Crippen molar-refractivity contribution in [1.29, 1.82) is 0 Å². The molecule has 0 saturated heterocycles. The molecule has 0 aromatic carbocycles. The largest absolute Gasteiger partial charge is 0.348 e. The average Bonchev–Trinajstić information content (AvgIpc) is 2.70. The average molecular weight is 283 g/mol. The number of aromatic nitrogens is 1. The van der Waals surface area contributed by atoms with Crippen LogP contribution in [-0.4, -0.2) is 23.6 Å². The molecule has 1 heterocycles. The molecule has 4 heteroatoms. The number of thiazole rings is 1. The molecule has 0 amide bonds. The highest BCUT2D eigenvalue weighted by atomic mass is 32.1. The highest BCUT2D eigenvalue weighted by Gasteiger charge is 2.25. The molecular formula is C15H29N3S. The molecular weight excluding hydrogens is 254 g/mol. The lowest BCUT2D eigenvalue weighted by molar-refractivity contribution is 0.329. The highest BCUT2D eigenvalue weighted by molar-refractivity contribution is 7.13. The molecule has 0 aliphatic carbocycles. The van der Waals surface area contributed by atoms with Gasteiger partial charge in [0.2, 0.25) is 0 Å². The minimum absolute atomic E-state index is 0.133. The molecule has 0 saturated carbocycles. The quantitative estimate of drug-likeness (QED) is 0.908. The van der Waals surface area contributed by atoms with Crippen molar-refractivity contribution >= 4 is 16.5 Å². The van der Waals surface area contributed by atoms with Crippen LogP contribution in [0.2, 0.25) is 0 Å². The summed E-state index contributed by atoms with van der Waals surface area (Å²) in [6.45, 7) is 16.4.